The molecule has 0 bridgehead atoms. The molecular formula is C12H13N5OS. The summed E-state index contributed by atoms with van der Waals surface area (Å²) in [5.41, 5.74) is 2.48. The van der Waals surface area contributed by atoms with E-state index in [1.807, 2.05) is 23.1 Å². The molecule has 1 aliphatic carbocycles. The molecule has 6 nitrogen and oxygen atoms in total. The molecule has 2 aromatic heterocycles. The first-order valence-corrected chi connectivity index (χ1v) is 6.94. The van der Waals surface area contributed by atoms with E-state index in [4.69, 9.17) is 0 Å². The van der Waals surface area contributed by atoms with Gasteiger partial charge in [-0.05, 0) is 25.0 Å². The van der Waals surface area contributed by atoms with E-state index in [9.17, 15) is 4.79 Å². The van der Waals surface area contributed by atoms with E-state index in [2.05, 4.69) is 20.5 Å². The highest BCUT2D eigenvalue weighted by atomic mass is 32.1. The van der Waals surface area contributed by atoms with Gasteiger partial charge >= 0.3 is 6.03 Å². The van der Waals surface area contributed by atoms with Crippen LogP contribution >= 0.6 is 11.3 Å². The number of carbonyl (C=O) groups is 1. The second-order valence-electron chi connectivity index (χ2n) is 4.35. The highest BCUT2D eigenvalue weighted by molar-refractivity contribution is 7.13. The van der Waals surface area contributed by atoms with Crippen molar-refractivity contribution in [2.45, 2.75) is 25.4 Å². The molecule has 2 heterocycles. The number of rotatable bonds is 4. The number of nitrogens with one attached hydrogen (secondary N) is 1. The van der Waals surface area contributed by atoms with Crippen LogP contribution in [-0.2, 0) is 6.54 Å². The van der Waals surface area contributed by atoms with Crippen LogP contribution in [0.25, 0.3) is 0 Å². The maximum Gasteiger partial charge on any atom is 0.324 e. The first-order valence-electron chi connectivity index (χ1n) is 6.06. The van der Waals surface area contributed by atoms with Crippen LogP contribution in [0.15, 0.2) is 29.9 Å². The number of urea groups is 1. The normalized spacial score (nSPS) is 14.1. The Morgan fingerprint density at radius 2 is 2.37 bits per heavy atom. The summed E-state index contributed by atoms with van der Waals surface area (Å²) in [6.07, 6.45) is 3.84. The van der Waals surface area contributed by atoms with Crippen molar-refractivity contribution < 1.29 is 4.79 Å². The molecule has 3 rings (SSSR count). The van der Waals surface area contributed by atoms with Crippen molar-refractivity contribution in [2.24, 2.45) is 0 Å². The largest absolute Gasteiger partial charge is 0.324 e. The van der Waals surface area contributed by atoms with Crippen LogP contribution in [-0.4, -0.2) is 32.2 Å². The Morgan fingerprint density at radius 3 is 3.00 bits per heavy atom. The first kappa shape index (κ1) is 12.0. The topological polar surface area (TPSA) is 71.0 Å². The van der Waals surface area contributed by atoms with Gasteiger partial charge in [0.05, 0.1) is 12.2 Å². The third-order valence-electron chi connectivity index (χ3n) is 2.88. The smallest absolute Gasteiger partial charge is 0.316 e. The zero-order valence-corrected chi connectivity index (χ0v) is 11.0. The minimum Gasteiger partial charge on any atom is -0.316 e. The lowest BCUT2D eigenvalue weighted by atomic mass is 10.3. The standard InChI is InChI=1S/C12H13N5OS/c18-12(15-11-16-14-8-19-11)17(10-4-5-10)7-9-3-1-2-6-13-9/h1-3,6,8,10H,4-5,7H2,(H,15,16,18). The Hall–Kier alpha value is -2.02. The van der Waals surface area contributed by atoms with Crippen molar-refractivity contribution in [3.05, 3.63) is 35.6 Å². The summed E-state index contributed by atoms with van der Waals surface area (Å²) in [6.45, 7) is 0.524. The van der Waals surface area contributed by atoms with Crippen molar-refractivity contribution in [3.63, 3.8) is 0 Å². The lowest BCUT2D eigenvalue weighted by Gasteiger charge is -2.21. The van der Waals surface area contributed by atoms with E-state index in [-0.39, 0.29) is 6.03 Å². The maximum atomic E-state index is 12.2. The third-order valence-corrected chi connectivity index (χ3v) is 3.49. The van der Waals surface area contributed by atoms with E-state index in [0.29, 0.717) is 17.7 Å². The van der Waals surface area contributed by atoms with Crippen molar-refractivity contribution >= 4 is 22.5 Å². The van der Waals surface area contributed by atoms with Crippen molar-refractivity contribution in [1.82, 2.24) is 20.1 Å². The number of hydrogen-bond acceptors (Lipinski definition) is 5. The summed E-state index contributed by atoms with van der Waals surface area (Å²) in [7, 11) is 0. The van der Waals surface area contributed by atoms with Crippen LogP contribution in [0.4, 0.5) is 9.93 Å². The first-order chi connectivity index (χ1) is 9.33. The Labute approximate surface area is 114 Å². The molecule has 0 atom stereocenters. The predicted molar refractivity (Wildman–Crippen MR) is 71.7 cm³/mol. The van der Waals surface area contributed by atoms with E-state index in [1.165, 1.54) is 11.3 Å². The molecule has 1 N–H and O–H groups in total. The van der Waals surface area contributed by atoms with E-state index in [0.717, 1.165) is 18.5 Å². The molecule has 0 aliphatic heterocycles. The van der Waals surface area contributed by atoms with Crippen LogP contribution in [0.2, 0.25) is 0 Å². The third kappa shape index (κ3) is 3.05. The van der Waals surface area contributed by atoms with Crippen molar-refractivity contribution in [3.8, 4) is 0 Å². The molecule has 1 fully saturated rings. The van der Waals surface area contributed by atoms with E-state index in [1.54, 1.807) is 11.7 Å². The number of amides is 2. The summed E-state index contributed by atoms with van der Waals surface area (Å²) in [5, 5.41) is 10.8. The molecule has 0 unspecified atom stereocenters. The zero-order valence-electron chi connectivity index (χ0n) is 10.2. The number of hydrogen-bond donors (Lipinski definition) is 1. The molecule has 2 amide bonds. The van der Waals surface area contributed by atoms with Gasteiger partial charge in [0.2, 0.25) is 5.13 Å². The summed E-state index contributed by atoms with van der Waals surface area (Å²) < 4.78 is 0. The molecule has 98 valence electrons. The van der Waals surface area contributed by atoms with Crippen LogP contribution in [0.1, 0.15) is 18.5 Å². The van der Waals surface area contributed by atoms with E-state index >= 15 is 0 Å². The average Bonchev–Trinajstić information content (AvgIpc) is 3.15. The minimum absolute atomic E-state index is 0.134. The fourth-order valence-electron chi connectivity index (χ4n) is 1.81. The van der Waals surface area contributed by atoms with E-state index < -0.39 is 0 Å². The molecule has 19 heavy (non-hydrogen) atoms. The molecule has 0 radical (unpaired) electrons. The summed E-state index contributed by atoms with van der Waals surface area (Å²) >= 11 is 1.31. The quantitative estimate of drug-likeness (QED) is 0.928. The van der Waals surface area contributed by atoms with Crippen molar-refractivity contribution in [1.29, 1.82) is 0 Å². The highest BCUT2D eigenvalue weighted by Gasteiger charge is 2.33. The minimum atomic E-state index is -0.134. The average molecular weight is 275 g/mol. The van der Waals surface area contributed by atoms with Gasteiger partial charge in [-0.2, -0.15) is 0 Å². The SMILES string of the molecule is O=C(Nc1nncs1)N(Cc1ccccn1)C1CC1. The fourth-order valence-corrected chi connectivity index (χ4v) is 2.24. The van der Waals surface area contributed by atoms with Gasteiger partial charge in [-0.15, -0.1) is 10.2 Å². The van der Waals surface area contributed by atoms with Crippen LogP contribution in [0.5, 0.6) is 0 Å². The summed E-state index contributed by atoms with van der Waals surface area (Å²) in [4.78, 5) is 18.3. The van der Waals surface area contributed by atoms with Crippen LogP contribution in [0.3, 0.4) is 0 Å². The van der Waals surface area contributed by atoms with Gasteiger partial charge in [0, 0.05) is 12.2 Å². The van der Waals surface area contributed by atoms with Gasteiger partial charge in [0.25, 0.3) is 0 Å². The Morgan fingerprint density at radius 1 is 1.47 bits per heavy atom. The predicted octanol–water partition coefficient (Wildman–Crippen LogP) is 2.13. The van der Waals surface area contributed by atoms with Gasteiger partial charge < -0.3 is 4.90 Å². The molecule has 2 aromatic rings. The zero-order chi connectivity index (χ0) is 13.1. The van der Waals surface area contributed by atoms with Crippen LogP contribution < -0.4 is 5.32 Å². The maximum absolute atomic E-state index is 12.2. The van der Waals surface area contributed by atoms with Crippen LogP contribution in [0, 0.1) is 0 Å². The molecule has 0 saturated heterocycles. The molecule has 0 spiro atoms. The Balaban J connectivity index is 1.69. The fraction of sp³-hybridized carbons (Fsp3) is 0.333. The highest BCUT2D eigenvalue weighted by Crippen LogP contribution is 2.28. The molecule has 1 aliphatic rings. The lowest BCUT2D eigenvalue weighted by molar-refractivity contribution is 0.205. The van der Waals surface area contributed by atoms with Gasteiger partial charge in [-0.25, -0.2) is 4.79 Å². The van der Waals surface area contributed by atoms with Gasteiger partial charge in [-0.3, -0.25) is 10.3 Å². The lowest BCUT2D eigenvalue weighted by Crippen LogP contribution is -2.36. The number of aromatic nitrogens is 3. The summed E-state index contributed by atoms with van der Waals surface area (Å²) in [6, 6.07) is 5.90. The monoisotopic (exact) mass is 275 g/mol. The number of carbonyl (C=O) groups excluding carboxylic acids is 1. The Bertz CT molecular complexity index is 541. The second kappa shape index (κ2) is 5.31. The molecule has 1 saturated carbocycles. The van der Waals surface area contributed by atoms with Gasteiger partial charge in [0.1, 0.15) is 5.51 Å². The Kier molecular flexibility index (Phi) is 3.37. The van der Waals surface area contributed by atoms with Crippen molar-refractivity contribution in [2.75, 3.05) is 5.32 Å². The number of pyridine rings is 1. The molecule has 0 aromatic carbocycles. The van der Waals surface area contributed by atoms with Gasteiger partial charge in [-0.1, -0.05) is 17.4 Å². The second-order valence-corrected chi connectivity index (χ2v) is 5.19. The van der Waals surface area contributed by atoms with Gasteiger partial charge in [0.15, 0.2) is 0 Å². The number of anilines is 1. The molecular weight excluding hydrogens is 262 g/mol. The summed E-state index contributed by atoms with van der Waals surface area (Å²) in [5.74, 6) is 0. The number of nitrogens with zero attached hydrogens (tertiary/aromatic N) is 4. The molecule has 7 heteroatoms.